The zero-order chi connectivity index (χ0) is 19.5. The van der Waals surface area contributed by atoms with Gasteiger partial charge in [0.05, 0.1) is 11.4 Å². The van der Waals surface area contributed by atoms with Crippen molar-refractivity contribution in [3.05, 3.63) is 29.3 Å². The van der Waals surface area contributed by atoms with E-state index < -0.39 is 34.4 Å². The Labute approximate surface area is 158 Å². The van der Waals surface area contributed by atoms with Gasteiger partial charge in [-0.2, -0.15) is 4.31 Å². The Morgan fingerprint density at radius 1 is 1.27 bits per heavy atom. The Bertz CT molecular complexity index is 761. The number of hydrogen-bond acceptors (Lipinski definition) is 4. The maximum atomic E-state index is 13.1. The van der Waals surface area contributed by atoms with Crippen LogP contribution in [0.15, 0.2) is 29.2 Å². The summed E-state index contributed by atoms with van der Waals surface area (Å²) in [6.07, 6.45) is 1.97. The van der Waals surface area contributed by atoms with Crippen LogP contribution < -0.4 is 11.1 Å². The Balaban J connectivity index is 2.37. The molecule has 0 unspecified atom stereocenters. The molecule has 144 valence electrons. The molecular formula is C17H24ClN3O4S. The number of benzene rings is 1. The van der Waals surface area contributed by atoms with Gasteiger partial charge in [-0.25, -0.2) is 8.42 Å². The Morgan fingerprint density at radius 2 is 1.85 bits per heavy atom. The average Bonchev–Trinajstić information content (AvgIpc) is 3.34. The van der Waals surface area contributed by atoms with E-state index >= 15 is 0 Å². The molecule has 26 heavy (non-hydrogen) atoms. The standard InChI is InChI=1S/C17H24ClN3O4S/c1-11(2)9-15(17(19)23)21(10-16(22)20-13-5-6-13)26(24,25)14-7-3-12(18)4-8-14/h3-4,7-8,11,13,15H,5-6,9-10H2,1-2H3,(H2,19,23)(H,20,22)/t15-/m0/s1. The van der Waals surface area contributed by atoms with E-state index in [1.807, 2.05) is 13.8 Å². The summed E-state index contributed by atoms with van der Waals surface area (Å²) in [7, 11) is -4.11. The van der Waals surface area contributed by atoms with Gasteiger partial charge >= 0.3 is 0 Å². The minimum atomic E-state index is -4.11. The second-order valence-electron chi connectivity index (χ2n) is 6.89. The molecule has 2 amide bonds. The molecule has 1 fully saturated rings. The third kappa shape index (κ3) is 5.43. The molecule has 2 rings (SSSR count). The first-order valence-electron chi connectivity index (χ1n) is 8.47. The van der Waals surface area contributed by atoms with Crippen molar-refractivity contribution in [2.24, 2.45) is 11.7 Å². The van der Waals surface area contributed by atoms with Gasteiger partial charge < -0.3 is 11.1 Å². The summed E-state index contributed by atoms with van der Waals surface area (Å²) in [6.45, 7) is 3.25. The first-order chi connectivity index (χ1) is 12.1. The molecule has 0 spiro atoms. The number of halogens is 1. The first-order valence-corrected chi connectivity index (χ1v) is 10.3. The Hall–Kier alpha value is -1.64. The number of hydrogen-bond donors (Lipinski definition) is 2. The third-order valence-corrected chi connectivity index (χ3v) is 6.15. The van der Waals surface area contributed by atoms with E-state index in [9.17, 15) is 18.0 Å². The number of carbonyl (C=O) groups is 2. The molecule has 1 aromatic rings. The molecular weight excluding hydrogens is 378 g/mol. The van der Waals surface area contributed by atoms with Gasteiger partial charge in [0.15, 0.2) is 0 Å². The summed E-state index contributed by atoms with van der Waals surface area (Å²) in [5, 5.41) is 3.13. The predicted octanol–water partition coefficient (Wildman–Crippen LogP) is 1.51. The van der Waals surface area contributed by atoms with Crippen LogP contribution in [0.3, 0.4) is 0 Å². The molecule has 1 atom stereocenters. The molecule has 9 heteroatoms. The van der Waals surface area contributed by atoms with Crippen molar-refractivity contribution < 1.29 is 18.0 Å². The van der Waals surface area contributed by atoms with Gasteiger partial charge in [-0.05, 0) is 49.4 Å². The van der Waals surface area contributed by atoms with Crippen LogP contribution in [0, 0.1) is 5.92 Å². The molecule has 0 aromatic heterocycles. The van der Waals surface area contributed by atoms with Crippen molar-refractivity contribution >= 4 is 33.4 Å². The highest BCUT2D eigenvalue weighted by atomic mass is 35.5. The lowest BCUT2D eigenvalue weighted by Crippen LogP contribution is -2.52. The van der Waals surface area contributed by atoms with Crippen LogP contribution in [-0.4, -0.2) is 43.2 Å². The SMILES string of the molecule is CC(C)C[C@@H](C(N)=O)N(CC(=O)NC1CC1)S(=O)(=O)c1ccc(Cl)cc1. The summed E-state index contributed by atoms with van der Waals surface area (Å²) in [4.78, 5) is 24.2. The highest BCUT2D eigenvalue weighted by Crippen LogP contribution is 2.24. The Morgan fingerprint density at radius 3 is 2.31 bits per heavy atom. The van der Waals surface area contributed by atoms with Crippen molar-refractivity contribution in [1.82, 2.24) is 9.62 Å². The molecule has 1 saturated carbocycles. The molecule has 0 heterocycles. The van der Waals surface area contributed by atoms with E-state index in [0.717, 1.165) is 17.1 Å². The molecule has 0 aliphatic heterocycles. The molecule has 7 nitrogen and oxygen atoms in total. The first kappa shape index (κ1) is 20.7. The van der Waals surface area contributed by atoms with Crippen LogP contribution in [-0.2, 0) is 19.6 Å². The van der Waals surface area contributed by atoms with Crippen molar-refractivity contribution in [1.29, 1.82) is 0 Å². The van der Waals surface area contributed by atoms with Gasteiger partial charge in [0.1, 0.15) is 6.04 Å². The van der Waals surface area contributed by atoms with Crippen molar-refractivity contribution in [3.8, 4) is 0 Å². The van der Waals surface area contributed by atoms with Gasteiger partial charge in [0.25, 0.3) is 0 Å². The molecule has 0 bridgehead atoms. The Kier molecular flexibility index (Phi) is 6.65. The zero-order valence-corrected chi connectivity index (χ0v) is 16.4. The quantitative estimate of drug-likeness (QED) is 0.653. The lowest BCUT2D eigenvalue weighted by atomic mass is 10.0. The fourth-order valence-electron chi connectivity index (χ4n) is 2.57. The highest BCUT2D eigenvalue weighted by Gasteiger charge is 2.37. The van der Waals surface area contributed by atoms with Crippen LogP contribution >= 0.6 is 11.6 Å². The lowest BCUT2D eigenvalue weighted by molar-refractivity contribution is -0.125. The number of carbonyl (C=O) groups excluding carboxylic acids is 2. The normalized spacial score (nSPS) is 15.9. The van der Waals surface area contributed by atoms with Crippen molar-refractivity contribution in [2.75, 3.05) is 6.54 Å². The van der Waals surface area contributed by atoms with Crippen LogP contribution in [0.1, 0.15) is 33.1 Å². The summed E-state index contributed by atoms with van der Waals surface area (Å²) < 4.78 is 27.1. The largest absolute Gasteiger partial charge is 0.368 e. The van der Waals surface area contributed by atoms with E-state index in [0.29, 0.717) is 5.02 Å². The third-order valence-electron chi connectivity index (χ3n) is 4.03. The van der Waals surface area contributed by atoms with Gasteiger partial charge in [0.2, 0.25) is 21.8 Å². The highest BCUT2D eigenvalue weighted by molar-refractivity contribution is 7.89. The maximum absolute atomic E-state index is 13.1. The van der Waals surface area contributed by atoms with Gasteiger partial charge in [-0.15, -0.1) is 0 Å². The molecule has 1 aliphatic rings. The number of primary amides is 1. The fraction of sp³-hybridized carbons (Fsp3) is 0.529. The molecule has 3 N–H and O–H groups in total. The number of nitrogens with two attached hydrogens (primary N) is 1. The summed E-state index contributed by atoms with van der Waals surface area (Å²) >= 11 is 5.83. The van der Waals surface area contributed by atoms with E-state index in [4.69, 9.17) is 17.3 Å². The number of sulfonamides is 1. The van der Waals surface area contributed by atoms with Crippen LogP contribution in [0.25, 0.3) is 0 Å². The molecule has 0 radical (unpaired) electrons. The number of rotatable bonds is 9. The van der Waals surface area contributed by atoms with Crippen LogP contribution in [0.5, 0.6) is 0 Å². The van der Waals surface area contributed by atoms with E-state index in [2.05, 4.69) is 5.32 Å². The summed E-state index contributed by atoms with van der Waals surface area (Å²) in [6, 6.07) is 4.55. The number of amides is 2. The molecule has 0 saturated heterocycles. The summed E-state index contributed by atoms with van der Waals surface area (Å²) in [5.41, 5.74) is 5.48. The molecule has 1 aromatic carbocycles. The second kappa shape index (κ2) is 8.37. The smallest absolute Gasteiger partial charge is 0.244 e. The van der Waals surface area contributed by atoms with Gasteiger partial charge in [-0.3, -0.25) is 9.59 Å². The van der Waals surface area contributed by atoms with Gasteiger partial charge in [0, 0.05) is 11.1 Å². The summed E-state index contributed by atoms with van der Waals surface area (Å²) in [5.74, 6) is -1.21. The minimum absolute atomic E-state index is 0.0157. The number of nitrogens with zero attached hydrogens (tertiary/aromatic N) is 1. The lowest BCUT2D eigenvalue weighted by Gasteiger charge is -2.29. The minimum Gasteiger partial charge on any atom is -0.368 e. The topological polar surface area (TPSA) is 110 Å². The fourth-order valence-corrected chi connectivity index (χ4v) is 4.26. The predicted molar refractivity (Wildman–Crippen MR) is 98.9 cm³/mol. The van der Waals surface area contributed by atoms with E-state index in [-0.39, 0.29) is 23.3 Å². The van der Waals surface area contributed by atoms with Crippen LogP contribution in [0.4, 0.5) is 0 Å². The number of nitrogens with one attached hydrogen (secondary N) is 1. The van der Waals surface area contributed by atoms with Crippen molar-refractivity contribution in [3.63, 3.8) is 0 Å². The maximum Gasteiger partial charge on any atom is 0.244 e. The molecule has 1 aliphatic carbocycles. The second-order valence-corrected chi connectivity index (χ2v) is 9.22. The van der Waals surface area contributed by atoms with Crippen LogP contribution in [0.2, 0.25) is 5.02 Å². The van der Waals surface area contributed by atoms with Crippen molar-refractivity contribution in [2.45, 2.75) is 50.1 Å². The van der Waals surface area contributed by atoms with E-state index in [1.165, 1.54) is 24.3 Å². The average molecular weight is 402 g/mol. The zero-order valence-electron chi connectivity index (χ0n) is 14.8. The monoisotopic (exact) mass is 401 g/mol. The van der Waals surface area contributed by atoms with Gasteiger partial charge in [-0.1, -0.05) is 25.4 Å². The van der Waals surface area contributed by atoms with E-state index in [1.54, 1.807) is 0 Å².